The molecule has 128 valence electrons. The fourth-order valence-electron chi connectivity index (χ4n) is 4.55. The van der Waals surface area contributed by atoms with Crippen LogP contribution in [0.4, 0.5) is 0 Å². The van der Waals surface area contributed by atoms with Crippen LogP contribution in [0.15, 0.2) is 23.8 Å². The lowest BCUT2D eigenvalue weighted by Crippen LogP contribution is -2.39. The van der Waals surface area contributed by atoms with Crippen molar-refractivity contribution in [3.8, 4) is 0 Å². The summed E-state index contributed by atoms with van der Waals surface area (Å²) in [5.74, 6) is 1.09. The fourth-order valence-corrected chi connectivity index (χ4v) is 4.55. The van der Waals surface area contributed by atoms with E-state index in [4.69, 9.17) is 4.74 Å². The molecule has 1 saturated heterocycles. The molecule has 5 unspecified atom stereocenters. The second-order valence-corrected chi connectivity index (χ2v) is 7.64. The summed E-state index contributed by atoms with van der Waals surface area (Å²) in [6, 6.07) is 0. The molecule has 0 radical (unpaired) electrons. The van der Waals surface area contributed by atoms with E-state index in [1.54, 1.807) is 0 Å². The van der Waals surface area contributed by atoms with Gasteiger partial charge in [-0.1, -0.05) is 32.1 Å². The molecule has 0 saturated carbocycles. The molecule has 0 spiro atoms. The van der Waals surface area contributed by atoms with Gasteiger partial charge in [-0.15, -0.1) is 0 Å². The van der Waals surface area contributed by atoms with E-state index in [1.165, 1.54) is 5.57 Å². The molecule has 0 amide bonds. The summed E-state index contributed by atoms with van der Waals surface area (Å²) in [6.07, 6.45) is 8.80. The molecular weight excluding hydrogens is 292 g/mol. The first-order valence-corrected chi connectivity index (χ1v) is 8.89. The molecule has 4 nitrogen and oxygen atoms in total. The number of aliphatic hydroxyl groups is 2. The Labute approximate surface area is 138 Å². The van der Waals surface area contributed by atoms with E-state index in [9.17, 15) is 15.0 Å². The third-order valence-corrected chi connectivity index (χ3v) is 5.68. The Bertz CT molecular complexity index is 509. The zero-order chi connectivity index (χ0) is 16.6. The maximum Gasteiger partial charge on any atom is 0.308 e. The number of ether oxygens (including phenoxy) is 1. The molecule has 1 fully saturated rings. The average Bonchev–Trinajstić information content (AvgIpc) is 2.45. The Morgan fingerprint density at radius 1 is 1.22 bits per heavy atom. The average molecular weight is 320 g/mol. The summed E-state index contributed by atoms with van der Waals surface area (Å²) >= 11 is 0. The van der Waals surface area contributed by atoms with Crippen LogP contribution in [0.2, 0.25) is 0 Å². The zero-order valence-corrected chi connectivity index (χ0v) is 14.0. The summed E-state index contributed by atoms with van der Waals surface area (Å²) in [6.45, 7) is 4.35. The third-order valence-electron chi connectivity index (χ3n) is 5.68. The van der Waals surface area contributed by atoms with Crippen molar-refractivity contribution >= 4 is 5.97 Å². The van der Waals surface area contributed by atoms with Gasteiger partial charge < -0.3 is 14.9 Å². The Hall–Kier alpha value is -1.13. The van der Waals surface area contributed by atoms with E-state index in [-0.39, 0.29) is 30.5 Å². The van der Waals surface area contributed by atoms with Gasteiger partial charge in [0.15, 0.2) is 0 Å². The second-order valence-electron chi connectivity index (χ2n) is 7.64. The number of cyclic esters (lactones) is 1. The van der Waals surface area contributed by atoms with Crippen LogP contribution < -0.4 is 0 Å². The van der Waals surface area contributed by atoms with Gasteiger partial charge in [-0.05, 0) is 42.6 Å². The van der Waals surface area contributed by atoms with Gasteiger partial charge in [-0.25, -0.2) is 0 Å². The molecule has 2 aliphatic carbocycles. The quantitative estimate of drug-likeness (QED) is 0.785. The number of hydrogen-bond acceptors (Lipinski definition) is 4. The van der Waals surface area contributed by atoms with Crippen LogP contribution in [0.3, 0.4) is 0 Å². The highest BCUT2D eigenvalue weighted by Gasteiger charge is 2.39. The number of carbonyl (C=O) groups is 1. The summed E-state index contributed by atoms with van der Waals surface area (Å²) in [5.41, 5.74) is 1.26. The number of carbonyl (C=O) groups excluding carboxylic acids is 1. The molecule has 4 heteroatoms. The zero-order valence-electron chi connectivity index (χ0n) is 14.0. The number of aliphatic hydroxyl groups excluding tert-OH is 2. The summed E-state index contributed by atoms with van der Waals surface area (Å²) in [4.78, 5) is 11.5. The number of rotatable bonds is 3. The molecule has 7 atom stereocenters. The molecule has 23 heavy (non-hydrogen) atoms. The van der Waals surface area contributed by atoms with Gasteiger partial charge in [-0.2, -0.15) is 0 Å². The van der Waals surface area contributed by atoms with Gasteiger partial charge in [-0.3, -0.25) is 4.79 Å². The van der Waals surface area contributed by atoms with Crippen LogP contribution in [-0.2, 0) is 9.53 Å². The highest BCUT2D eigenvalue weighted by Crippen LogP contribution is 2.43. The van der Waals surface area contributed by atoms with Gasteiger partial charge in [0.05, 0.1) is 18.6 Å². The van der Waals surface area contributed by atoms with Crippen molar-refractivity contribution in [1.29, 1.82) is 0 Å². The largest absolute Gasteiger partial charge is 0.462 e. The first-order valence-electron chi connectivity index (χ1n) is 8.89. The molecule has 3 aliphatic rings. The highest BCUT2D eigenvalue weighted by atomic mass is 16.5. The van der Waals surface area contributed by atoms with Crippen molar-refractivity contribution in [2.24, 2.45) is 23.7 Å². The van der Waals surface area contributed by atoms with Crippen LogP contribution >= 0.6 is 0 Å². The van der Waals surface area contributed by atoms with Crippen LogP contribution in [0.25, 0.3) is 0 Å². The van der Waals surface area contributed by atoms with Gasteiger partial charge >= 0.3 is 5.97 Å². The fraction of sp³-hybridized carbons (Fsp3) is 0.737. The van der Waals surface area contributed by atoms with E-state index in [0.717, 1.165) is 19.3 Å². The molecular formula is C19H28O4. The minimum Gasteiger partial charge on any atom is -0.462 e. The van der Waals surface area contributed by atoms with Crippen molar-refractivity contribution in [2.75, 3.05) is 0 Å². The van der Waals surface area contributed by atoms with Crippen molar-refractivity contribution in [3.63, 3.8) is 0 Å². The Morgan fingerprint density at radius 3 is 2.74 bits per heavy atom. The second kappa shape index (κ2) is 6.78. The monoisotopic (exact) mass is 320 g/mol. The maximum absolute atomic E-state index is 11.5. The van der Waals surface area contributed by atoms with E-state index < -0.39 is 6.10 Å². The van der Waals surface area contributed by atoms with Crippen LogP contribution in [0, 0.1) is 23.7 Å². The van der Waals surface area contributed by atoms with Gasteiger partial charge in [0.25, 0.3) is 0 Å². The van der Waals surface area contributed by atoms with E-state index in [0.29, 0.717) is 24.2 Å². The molecule has 1 aliphatic heterocycles. The summed E-state index contributed by atoms with van der Waals surface area (Å²) in [7, 11) is 0. The van der Waals surface area contributed by atoms with E-state index in [1.807, 2.05) is 0 Å². The highest BCUT2D eigenvalue weighted by molar-refractivity contribution is 5.70. The minimum absolute atomic E-state index is 0.116. The van der Waals surface area contributed by atoms with Crippen LogP contribution in [0.5, 0.6) is 0 Å². The predicted octanol–water partition coefficient (Wildman–Crippen LogP) is 2.60. The molecule has 0 aromatic rings. The minimum atomic E-state index is -0.568. The topological polar surface area (TPSA) is 66.8 Å². The first-order chi connectivity index (χ1) is 10.9. The third kappa shape index (κ3) is 3.69. The SMILES string of the molecule is CC1C=CC2=C[C@H](C)C[C@H](O)C2C1CCC1CC(O)CC(=O)O1. The Morgan fingerprint density at radius 2 is 2.00 bits per heavy atom. The number of esters is 1. The summed E-state index contributed by atoms with van der Waals surface area (Å²) in [5, 5.41) is 20.3. The first kappa shape index (κ1) is 16.7. The lowest BCUT2D eigenvalue weighted by atomic mass is 9.65. The molecule has 0 aromatic heterocycles. The molecule has 0 aromatic carbocycles. The number of fused-ring (bicyclic) bond motifs is 1. The van der Waals surface area contributed by atoms with Crippen molar-refractivity contribution in [1.82, 2.24) is 0 Å². The molecule has 1 heterocycles. The van der Waals surface area contributed by atoms with Crippen LogP contribution in [0.1, 0.15) is 46.0 Å². The summed E-state index contributed by atoms with van der Waals surface area (Å²) < 4.78 is 5.37. The van der Waals surface area contributed by atoms with Gasteiger partial charge in [0.1, 0.15) is 6.10 Å². The smallest absolute Gasteiger partial charge is 0.308 e. The molecule has 2 N–H and O–H groups in total. The number of allylic oxidation sites excluding steroid dienone is 3. The van der Waals surface area contributed by atoms with Gasteiger partial charge in [0.2, 0.25) is 0 Å². The lowest BCUT2D eigenvalue weighted by molar-refractivity contribution is -0.160. The number of hydrogen-bond donors (Lipinski definition) is 2. The van der Waals surface area contributed by atoms with E-state index in [2.05, 4.69) is 32.1 Å². The van der Waals surface area contributed by atoms with Crippen molar-refractivity contribution < 1.29 is 19.7 Å². The Balaban J connectivity index is 1.67. The van der Waals surface area contributed by atoms with Crippen molar-refractivity contribution in [2.45, 2.75) is 64.3 Å². The lowest BCUT2D eigenvalue weighted by Gasteiger charge is -2.42. The van der Waals surface area contributed by atoms with Gasteiger partial charge in [0, 0.05) is 12.3 Å². The molecule has 0 bridgehead atoms. The normalized spacial score (nSPS) is 43.6. The maximum atomic E-state index is 11.5. The van der Waals surface area contributed by atoms with Crippen molar-refractivity contribution in [3.05, 3.63) is 23.8 Å². The Kier molecular flexibility index (Phi) is 4.93. The van der Waals surface area contributed by atoms with E-state index >= 15 is 0 Å². The molecule has 3 rings (SSSR count). The van der Waals surface area contributed by atoms with Crippen LogP contribution in [-0.4, -0.2) is 34.5 Å². The predicted molar refractivity (Wildman–Crippen MR) is 87.5 cm³/mol. The standard InChI is InChI=1S/C19H28O4/c1-11-7-13-4-3-12(2)16(19(13)17(21)8-11)6-5-15-9-14(20)10-18(22)23-15/h3-4,7,11-12,14-17,19-21H,5-6,8-10H2,1-2H3/t11-,12?,14?,15?,16?,17-,19?/m0/s1.